The van der Waals surface area contributed by atoms with Crippen molar-refractivity contribution in [1.82, 2.24) is 14.8 Å². The van der Waals surface area contributed by atoms with Gasteiger partial charge >= 0.3 is 0 Å². The minimum atomic E-state index is -0.453. The molecule has 0 aliphatic carbocycles. The van der Waals surface area contributed by atoms with E-state index in [0.29, 0.717) is 42.7 Å². The number of pyridine rings is 1. The van der Waals surface area contributed by atoms with E-state index in [1.54, 1.807) is 48.7 Å². The van der Waals surface area contributed by atoms with Crippen LogP contribution in [0.25, 0.3) is 6.08 Å². The zero-order valence-electron chi connectivity index (χ0n) is 19.2. The van der Waals surface area contributed by atoms with E-state index in [4.69, 9.17) is 9.47 Å². The highest BCUT2D eigenvalue weighted by molar-refractivity contribution is 8.18. The summed E-state index contributed by atoms with van der Waals surface area (Å²) in [5, 5.41) is -0.431. The van der Waals surface area contributed by atoms with E-state index in [9.17, 15) is 14.4 Å². The third kappa shape index (κ3) is 5.59. The lowest BCUT2D eigenvalue weighted by molar-refractivity contribution is -0.136. The van der Waals surface area contributed by atoms with E-state index >= 15 is 0 Å². The van der Waals surface area contributed by atoms with Crippen LogP contribution in [-0.2, 0) is 16.2 Å². The number of hydrogen-bond donors (Lipinski definition) is 0. The number of ether oxygens (including phenoxy) is 2. The van der Waals surface area contributed by atoms with Crippen LogP contribution in [0, 0.1) is 5.92 Å². The van der Waals surface area contributed by atoms with Gasteiger partial charge in [0.2, 0.25) is 5.91 Å². The Bertz CT molecular complexity index is 1100. The Morgan fingerprint density at radius 2 is 1.88 bits per heavy atom. The minimum Gasteiger partial charge on any atom is -0.493 e. The number of carbonyl (C=O) groups is 3. The van der Waals surface area contributed by atoms with Crippen molar-refractivity contribution < 1.29 is 23.9 Å². The summed E-state index contributed by atoms with van der Waals surface area (Å²) in [5.74, 6) is 1.02. The molecule has 2 aliphatic rings. The van der Waals surface area contributed by atoms with E-state index in [2.05, 4.69) is 11.9 Å². The van der Waals surface area contributed by atoms with Crippen molar-refractivity contribution in [3.05, 3.63) is 58.8 Å². The highest BCUT2D eigenvalue weighted by atomic mass is 32.2. The van der Waals surface area contributed by atoms with Gasteiger partial charge in [-0.1, -0.05) is 13.0 Å². The number of aromatic nitrogens is 1. The molecule has 0 N–H and O–H groups in total. The fourth-order valence-corrected chi connectivity index (χ4v) is 4.65. The Morgan fingerprint density at radius 3 is 2.59 bits per heavy atom. The van der Waals surface area contributed by atoms with Crippen molar-refractivity contribution in [3.8, 4) is 11.5 Å². The Kier molecular flexibility index (Phi) is 7.52. The van der Waals surface area contributed by atoms with Gasteiger partial charge in [0, 0.05) is 25.5 Å². The topological polar surface area (TPSA) is 89.0 Å². The molecule has 0 bridgehead atoms. The highest BCUT2D eigenvalue weighted by Crippen LogP contribution is 2.35. The zero-order valence-corrected chi connectivity index (χ0v) is 20.0. The van der Waals surface area contributed by atoms with E-state index in [1.165, 1.54) is 0 Å². The first-order chi connectivity index (χ1) is 16.4. The second-order valence-electron chi connectivity index (χ2n) is 8.39. The standard InChI is InChI=1S/C25H27N3O5S/c1-17-7-11-27(12-8-17)23(29)15-28-24(30)22(34-25(28)31)14-19-3-4-20(21(13-19)32-2)33-16-18-5-9-26-10-6-18/h3-6,9-10,13-14,17H,7-8,11-12,15-16H2,1-2H3/b22-14+. The molecule has 2 aromatic rings. The summed E-state index contributed by atoms with van der Waals surface area (Å²) in [7, 11) is 1.54. The van der Waals surface area contributed by atoms with Crippen molar-refractivity contribution >= 4 is 34.9 Å². The number of imide groups is 1. The summed E-state index contributed by atoms with van der Waals surface area (Å²) in [5.41, 5.74) is 1.67. The van der Waals surface area contributed by atoms with Crippen LogP contribution < -0.4 is 9.47 Å². The number of benzene rings is 1. The molecule has 0 radical (unpaired) electrons. The fraction of sp³-hybridized carbons (Fsp3) is 0.360. The van der Waals surface area contributed by atoms with Crippen LogP contribution in [0.2, 0.25) is 0 Å². The van der Waals surface area contributed by atoms with Crippen LogP contribution in [0.5, 0.6) is 11.5 Å². The lowest BCUT2D eigenvalue weighted by Gasteiger charge is -2.31. The molecule has 1 aromatic carbocycles. The fourth-order valence-electron chi connectivity index (χ4n) is 3.81. The van der Waals surface area contributed by atoms with Crippen LogP contribution in [0.15, 0.2) is 47.6 Å². The third-order valence-corrected chi connectivity index (χ3v) is 6.84. The molecule has 0 spiro atoms. The van der Waals surface area contributed by atoms with Gasteiger partial charge in [-0.15, -0.1) is 0 Å². The molecular weight excluding hydrogens is 454 g/mol. The summed E-state index contributed by atoms with van der Waals surface area (Å²) in [6.07, 6.45) is 6.92. The van der Waals surface area contributed by atoms with Crippen LogP contribution >= 0.6 is 11.8 Å². The van der Waals surface area contributed by atoms with Gasteiger partial charge < -0.3 is 14.4 Å². The van der Waals surface area contributed by atoms with Gasteiger partial charge in [0.1, 0.15) is 13.2 Å². The molecule has 3 amide bonds. The molecule has 0 atom stereocenters. The highest BCUT2D eigenvalue weighted by Gasteiger charge is 2.37. The molecule has 4 rings (SSSR count). The lowest BCUT2D eigenvalue weighted by Crippen LogP contribution is -2.45. The molecule has 0 unspecified atom stereocenters. The molecule has 2 aliphatic heterocycles. The number of thioether (sulfide) groups is 1. The van der Waals surface area contributed by atoms with E-state index in [1.807, 2.05) is 12.1 Å². The van der Waals surface area contributed by atoms with Crippen molar-refractivity contribution in [2.75, 3.05) is 26.7 Å². The summed E-state index contributed by atoms with van der Waals surface area (Å²) < 4.78 is 11.3. The second-order valence-corrected chi connectivity index (χ2v) is 9.38. The van der Waals surface area contributed by atoms with E-state index < -0.39 is 11.1 Å². The quantitative estimate of drug-likeness (QED) is 0.553. The van der Waals surface area contributed by atoms with Gasteiger partial charge in [0.15, 0.2) is 11.5 Å². The molecule has 2 saturated heterocycles. The third-order valence-electron chi connectivity index (χ3n) is 5.93. The largest absolute Gasteiger partial charge is 0.493 e. The summed E-state index contributed by atoms with van der Waals surface area (Å²) in [6.45, 7) is 3.64. The Morgan fingerprint density at radius 1 is 1.15 bits per heavy atom. The maximum atomic E-state index is 12.9. The molecule has 34 heavy (non-hydrogen) atoms. The minimum absolute atomic E-state index is 0.187. The predicted molar refractivity (Wildman–Crippen MR) is 129 cm³/mol. The number of amides is 3. The first-order valence-electron chi connectivity index (χ1n) is 11.2. The number of rotatable bonds is 7. The summed E-state index contributed by atoms with van der Waals surface area (Å²) in [6, 6.07) is 9.03. The van der Waals surface area contributed by atoms with Gasteiger partial charge in [-0.05, 0) is 72.0 Å². The molecule has 178 valence electrons. The monoisotopic (exact) mass is 481 g/mol. The second kappa shape index (κ2) is 10.7. The normalized spacial score (nSPS) is 18.0. The molecular formula is C25H27N3O5S. The van der Waals surface area contributed by atoms with E-state index in [-0.39, 0.29) is 17.4 Å². The first-order valence-corrected chi connectivity index (χ1v) is 12.0. The van der Waals surface area contributed by atoms with Gasteiger partial charge in [0.05, 0.1) is 12.0 Å². The number of carbonyl (C=O) groups excluding carboxylic acids is 3. The number of nitrogens with zero attached hydrogens (tertiary/aromatic N) is 3. The SMILES string of the molecule is COc1cc(/C=C2/SC(=O)N(CC(=O)N3CCC(C)CC3)C2=O)ccc1OCc1ccncc1. The average molecular weight is 482 g/mol. The molecule has 9 heteroatoms. The maximum Gasteiger partial charge on any atom is 0.294 e. The number of piperidine rings is 1. The molecule has 1 aromatic heterocycles. The summed E-state index contributed by atoms with van der Waals surface area (Å²) >= 11 is 0.841. The molecule has 8 nitrogen and oxygen atoms in total. The van der Waals surface area contributed by atoms with Crippen LogP contribution in [0.1, 0.15) is 30.9 Å². The molecule has 2 fully saturated rings. The van der Waals surface area contributed by atoms with Crippen molar-refractivity contribution in [1.29, 1.82) is 0 Å². The number of methoxy groups -OCH3 is 1. The Labute approximate surface area is 202 Å². The van der Waals surface area contributed by atoms with E-state index in [0.717, 1.165) is 35.1 Å². The maximum absolute atomic E-state index is 12.9. The van der Waals surface area contributed by atoms with Crippen LogP contribution in [-0.4, -0.2) is 58.6 Å². The van der Waals surface area contributed by atoms with Crippen molar-refractivity contribution in [2.24, 2.45) is 5.92 Å². The van der Waals surface area contributed by atoms with Crippen molar-refractivity contribution in [2.45, 2.75) is 26.4 Å². The smallest absolute Gasteiger partial charge is 0.294 e. The average Bonchev–Trinajstić information content (AvgIpc) is 3.11. The number of hydrogen-bond acceptors (Lipinski definition) is 7. The lowest BCUT2D eigenvalue weighted by atomic mass is 9.99. The van der Waals surface area contributed by atoms with Gasteiger partial charge in [-0.2, -0.15) is 0 Å². The Hall–Kier alpha value is -3.33. The number of likely N-dealkylation sites (tertiary alicyclic amines) is 1. The van der Waals surface area contributed by atoms with Gasteiger partial charge in [-0.3, -0.25) is 24.3 Å². The Balaban J connectivity index is 1.42. The van der Waals surface area contributed by atoms with Crippen molar-refractivity contribution in [3.63, 3.8) is 0 Å². The molecule has 3 heterocycles. The van der Waals surface area contributed by atoms with Gasteiger partial charge in [-0.25, -0.2) is 0 Å². The summed E-state index contributed by atoms with van der Waals surface area (Å²) in [4.78, 5) is 45.0. The van der Waals surface area contributed by atoms with Crippen LogP contribution in [0.4, 0.5) is 4.79 Å². The first kappa shape index (κ1) is 23.8. The van der Waals surface area contributed by atoms with Gasteiger partial charge in [0.25, 0.3) is 11.1 Å². The predicted octanol–water partition coefficient (Wildman–Crippen LogP) is 3.96. The van der Waals surface area contributed by atoms with Crippen LogP contribution in [0.3, 0.4) is 0 Å². The zero-order chi connectivity index (χ0) is 24.1. The molecule has 0 saturated carbocycles.